The standard InChI is InChI=1S/C6H12O5S.K/c1-2-5-10-11-12(8,9)6-3-4-7;/h2,7H,1,3-6H2;. The Balaban J connectivity index is 0. The van der Waals surface area contributed by atoms with E-state index in [1.54, 1.807) is 0 Å². The fourth-order valence-corrected chi connectivity index (χ4v) is 1.18. The van der Waals surface area contributed by atoms with Crippen LogP contribution in [-0.4, -0.2) is 83.9 Å². The zero-order valence-electron chi connectivity index (χ0n) is 7.60. The summed E-state index contributed by atoms with van der Waals surface area (Å²) in [5.74, 6) is -0.249. The van der Waals surface area contributed by atoms with Crippen LogP contribution < -0.4 is 0 Å². The fraction of sp³-hybridized carbons (Fsp3) is 0.667. The molecule has 1 radical (unpaired) electrons. The van der Waals surface area contributed by atoms with Crippen LogP contribution in [0.15, 0.2) is 12.7 Å². The van der Waals surface area contributed by atoms with Gasteiger partial charge in [0.25, 0.3) is 10.1 Å². The van der Waals surface area contributed by atoms with E-state index in [0.29, 0.717) is 0 Å². The maximum atomic E-state index is 10.8. The van der Waals surface area contributed by atoms with Gasteiger partial charge in [0.1, 0.15) is 6.61 Å². The second kappa shape index (κ2) is 9.75. The molecule has 0 bridgehead atoms. The van der Waals surface area contributed by atoms with Crippen LogP contribution in [0.3, 0.4) is 0 Å². The van der Waals surface area contributed by atoms with E-state index in [4.69, 9.17) is 5.11 Å². The molecule has 0 saturated heterocycles. The van der Waals surface area contributed by atoms with E-state index in [1.165, 1.54) is 6.08 Å². The molecule has 1 N–H and O–H groups in total. The van der Waals surface area contributed by atoms with Crippen molar-refractivity contribution in [3.8, 4) is 0 Å². The molecule has 0 spiro atoms. The Kier molecular flexibility index (Phi) is 12.5. The van der Waals surface area contributed by atoms with Gasteiger partial charge in [0, 0.05) is 58.0 Å². The van der Waals surface area contributed by atoms with E-state index < -0.39 is 10.1 Å². The Bertz CT molecular complexity index is 213. The van der Waals surface area contributed by atoms with Gasteiger partial charge >= 0.3 is 0 Å². The van der Waals surface area contributed by atoms with Crippen molar-refractivity contribution in [3.05, 3.63) is 12.7 Å². The summed E-state index contributed by atoms with van der Waals surface area (Å²) in [4.78, 5) is 4.26. The van der Waals surface area contributed by atoms with Gasteiger partial charge in [0.05, 0.1) is 5.75 Å². The molecule has 13 heavy (non-hydrogen) atoms. The van der Waals surface area contributed by atoms with Crippen molar-refractivity contribution in [2.24, 2.45) is 0 Å². The molecule has 73 valence electrons. The number of hydrogen-bond donors (Lipinski definition) is 1. The van der Waals surface area contributed by atoms with Gasteiger partial charge in [0.2, 0.25) is 0 Å². The van der Waals surface area contributed by atoms with E-state index in [0.717, 1.165) is 0 Å². The summed E-state index contributed by atoms with van der Waals surface area (Å²) in [5, 5.41) is 8.32. The van der Waals surface area contributed by atoms with E-state index in [1.807, 2.05) is 0 Å². The van der Waals surface area contributed by atoms with E-state index >= 15 is 0 Å². The summed E-state index contributed by atoms with van der Waals surface area (Å²) in [5.41, 5.74) is 0. The topological polar surface area (TPSA) is 72.8 Å². The molecule has 0 aromatic heterocycles. The second-order valence-corrected chi connectivity index (χ2v) is 3.64. The summed E-state index contributed by atoms with van der Waals surface area (Å²) in [6.45, 7) is 3.12. The summed E-state index contributed by atoms with van der Waals surface area (Å²) in [6, 6.07) is 0. The van der Waals surface area contributed by atoms with Crippen molar-refractivity contribution in [1.29, 1.82) is 0 Å². The first kappa shape index (κ1) is 16.6. The van der Waals surface area contributed by atoms with E-state index in [9.17, 15) is 8.42 Å². The molecule has 0 fully saturated rings. The van der Waals surface area contributed by atoms with Gasteiger partial charge in [-0.25, -0.2) is 4.89 Å². The van der Waals surface area contributed by atoms with Crippen molar-refractivity contribution in [3.63, 3.8) is 0 Å². The summed E-state index contributed by atoms with van der Waals surface area (Å²) >= 11 is 0. The molecule has 0 heterocycles. The minimum atomic E-state index is -3.65. The average molecular weight is 235 g/mol. The van der Waals surface area contributed by atoms with Gasteiger partial charge < -0.3 is 5.11 Å². The van der Waals surface area contributed by atoms with Crippen LogP contribution in [0, 0.1) is 0 Å². The summed E-state index contributed by atoms with van der Waals surface area (Å²) < 4.78 is 25.6. The van der Waals surface area contributed by atoms with Crippen LogP contribution in [-0.2, 0) is 19.3 Å². The molecule has 0 saturated carbocycles. The largest absolute Gasteiger partial charge is 0.396 e. The Hall–Kier alpha value is 1.21. The van der Waals surface area contributed by atoms with E-state index in [-0.39, 0.29) is 76.8 Å². The van der Waals surface area contributed by atoms with Crippen LogP contribution in [0.1, 0.15) is 6.42 Å². The Labute approximate surface area is 121 Å². The van der Waals surface area contributed by atoms with Gasteiger partial charge in [-0.05, 0) is 6.42 Å². The van der Waals surface area contributed by atoms with Crippen LogP contribution >= 0.6 is 0 Å². The summed E-state index contributed by atoms with van der Waals surface area (Å²) in [7, 11) is -3.65. The van der Waals surface area contributed by atoms with Gasteiger partial charge in [-0.1, -0.05) is 6.08 Å². The zero-order valence-corrected chi connectivity index (χ0v) is 11.5. The van der Waals surface area contributed by atoms with Crippen LogP contribution in [0.2, 0.25) is 0 Å². The van der Waals surface area contributed by atoms with Crippen molar-refractivity contribution in [2.45, 2.75) is 6.42 Å². The maximum absolute atomic E-state index is 10.8. The molecule has 0 aliphatic rings. The first-order valence-electron chi connectivity index (χ1n) is 3.38. The fourth-order valence-electron chi connectivity index (χ4n) is 0.425. The molecule has 0 atom stereocenters. The third-order valence-corrected chi connectivity index (χ3v) is 1.98. The Morgan fingerprint density at radius 3 is 2.54 bits per heavy atom. The number of aliphatic hydroxyl groups is 1. The van der Waals surface area contributed by atoms with E-state index in [2.05, 4.69) is 15.8 Å². The Morgan fingerprint density at radius 1 is 1.46 bits per heavy atom. The molecule has 0 unspecified atom stereocenters. The van der Waals surface area contributed by atoms with Crippen LogP contribution in [0.4, 0.5) is 0 Å². The number of aliphatic hydroxyl groups excluding tert-OH is 1. The maximum Gasteiger partial charge on any atom is 0.293 e. The minimum Gasteiger partial charge on any atom is -0.396 e. The van der Waals surface area contributed by atoms with Crippen molar-refractivity contribution >= 4 is 61.5 Å². The molecule has 5 nitrogen and oxygen atoms in total. The smallest absolute Gasteiger partial charge is 0.293 e. The predicted molar refractivity (Wildman–Crippen MR) is 48.5 cm³/mol. The Morgan fingerprint density at radius 2 is 2.08 bits per heavy atom. The molecule has 0 aromatic carbocycles. The molecular formula is C6H12KO5S. The first-order chi connectivity index (χ1) is 5.62. The molecule has 0 aromatic rings. The quantitative estimate of drug-likeness (QED) is 0.211. The molecular weight excluding hydrogens is 223 g/mol. The average Bonchev–Trinajstić information content (AvgIpc) is 2.01. The molecule has 0 rings (SSSR count). The molecule has 7 heteroatoms. The van der Waals surface area contributed by atoms with Crippen LogP contribution in [0.25, 0.3) is 0 Å². The monoisotopic (exact) mass is 235 g/mol. The molecule has 0 amide bonds. The minimum absolute atomic E-state index is 0. The third-order valence-electron chi connectivity index (χ3n) is 0.890. The van der Waals surface area contributed by atoms with Crippen LogP contribution in [0.5, 0.6) is 0 Å². The van der Waals surface area contributed by atoms with Crippen molar-refractivity contribution < 1.29 is 22.7 Å². The number of rotatable bonds is 7. The first-order valence-corrected chi connectivity index (χ1v) is 4.95. The molecule has 0 aliphatic heterocycles. The summed E-state index contributed by atoms with van der Waals surface area (Å²) in [6.07, 6.45) is 1.50. The van der Waals surface area contributed by atoms with Crippen molar-refractivity contribution in [1.82, 2.24) is 0 Å². The molecule has 0 aliphatic carbocycles. The second-order valence-electron chi connectivity index (χ2n) is 1.98. The third kappa shape index (κ3) is 11.1. The van der Waals surface area contributed by atoms with Gasteiger partial charge in [-0.2, -0.15) is 8.42 Å². The number of hydrogen-bond acceptors (Lipinski definition) is 5. The zero-order chi connectivity index (χ0) is 9.45. The van der Waals surface area contributed by atoms with Gasteiger partial charge in [0.15, 0.2) is 0 Å². The predicted octanol–water partition coefficient (Wildman–Crippen LogP) is -0.548. The van der Waals surface area contributed by atoms with Crippen molar-refractivity contribution in [2.75, 3.05) is 19.0 Å². The SMILES string of the molecule is C=CCOOS(=O)(=O)CCCO.[K]. The normalized spacial score (nSPS) is 10.5. The van der Waals surface area contributed by atoms with Gasteiger partial charge in [-0.3, -0.25) is 0 Å². The van der Waals surface area contributed by atoms with Gasteiger partial charge in [-0.15, -0.1) is 10.9 Å².